The van der Waals surface area contributed by atoms with E-state index in [2.05, 4.69) is 29.0 Å². The van der Waals surface area contributed by atoms with Crippen molar-refractivity contribution in [2.75, 3.05) is 32.8 Å². The number of amides is 1. The predicted octanol–water partition coefficient (Wildman–Crippen LogP) is 2.94. The Morgan fingerprint density at radius 2 is 1.96 bits per heavy atom. The second-order valence-corrected chi connectivity index (χ2v) is 7.50. The summed E-state index contributed by atoms with van der Waals surface area (Å²) < 4.78 is 5.46. The molecule has 1 aliphatic rings. The second kappa shape index (κ2) is 8.14. The number of fused-ring (bicyclic) bond motifs is 1. The number of hydrogen-bond acceptors (Lipinski definition) is 4. The lowest BCUT2D eigenvalue weighted by atomic mass is 10.0. The number of nitrogens with zero attached hydrogens (tertiary/aromatic N) is 2. The topological polar surface area (TPSA) is 54.5 Å². The summed E-state index contributed by atoms with van der Waals surface area (Å²) in [6, 6.07) is 8.26. The average molecular weight is 355 g/mol. The molecule has 1 atom stereocenters. The van der Waals surface area contributed by atoms with Crippen molar-refractivity contribution in [3.63, 3.8) is 0 Å². The minimum absolute atomic E-state index is 0.0231. The third kappa shape index (κ3) is 4.22. The normalized spacial score (nSPS) is 16.8. The zero-order chi connectivity index (χ0) is 18.7. The molecule has 0 spiro atoms. The molecule has 0 bridgehead atoms. The molecule has 26 heavy (non-hydrogen) atoms. The average Bonchev–Trinajstić information content (AvgIpc) is 2.62. The summed E-state index contributed by atoms with van der Waals surface area (Å²) in [5, 5.41) is 4.08. The van der Waals surface area contributed by atoms with Gasteiger partial charge >= 0.3 is 0 Å². The second-order valence-electron chi connectivity index (χ2n) is 7.50. The molecule has 140 valence electrons. The zero-order valence-electron chi connectivity index (χ0n) is 16.2. The number of morpholine rings is 1. The van der Waals surface area contributed by atoms with E-state index in [4.69, 9.17) is 4.74 Å². The molecule has 1 aromatic heterocycles. The molecule has 2 heterocycles. The molecule has 1 amide bonds. The molecule has 5 heteroatoms. The molecule has 1 saturated heterocycles. The van der Waals surface area contributed by atoms with Crippen LogP contribution in [0.5, 0.6) is 0 Å². The van der Waals surface area contributed by atoms with Gasteiger partial charge in [0.25, 0.3) is 5.91 Å². The van der Waals surface area contributed by atoms with Gasteiger partial charge in [0.1, 0.15) is 0 Å². The highest BCUT2D eigenvalue weighted by atomic mass is 16.5. The van der Waals surface area contributed by atoms with Crippen molar-refractivity contribution in [2.24, 2.45) is 5.92 Å². The fraction of sp³-hybridized carbons (Fsp3) is 0.524. The number of hydrogen-bond donors (Lipinski definition) is 1. The van der Waals surface area contributed by atoms with E-state index in [1.54, 1.807) is 0 Å². The van der Waals surface area contributed by atoms with E-state index >= 15 is 0 Å². The Labute approximate surface area is 155 Å². The number of rotatable bonds is 5. The molecule has 0 aliphatic carbocycles. The van der Waals surface area contributed by atoms with Crippen LogP contribution in [0.1, 0.15) is 35.5 Å². The quantitative estimate of drug-likeness (QED) is 0.896. The molecule has 0 saturated carbocycles. The van der Waals surface area contributed by atoms with E-state index in [1.165, 1.54) is 0 Å². The standard InChI is InChI=1S/C21H29N3O2/c1-14(2)20(24-7-9-26-10-8-24)13-22-21(25)18-12-16(4)23-19-6-5-15(3)11-17(18)19/h5-6,11-12,14,20H,7-10,13H2,1-4H3,(H,22,25). The minimum atomic E-state index is -0.0231. The summed E-state index contributed by atoms with van der Waals surface area (Å²) in [5.74, 6) is 0.441. The van der Waals surface area contributed by atoms with Crippen LogP contribution in [0.25, 0.3) is 10.9 Å². The van der Waals surface area contributed by atoms with Crippen LogP contribution in [0, 0.1) is 19.8 Å². The lowest BCUT2D eigenvalue weighted by molar-refractivity contribution is 0.00673. The Morgan fingerprint density at radius 1 is 1.23 bits per heavy atom. The van der Waals surface area contributed by atoms with E-state index in [1.807, 2.05) is 38.1 Å². The van der Waals surface area contributed by atoms with E-state index in [0.717, 1.165) is 48.5 Å². The van der Waals surface area contributed by atoms with Gasteiger partial charge in [0.15, 0.2) is 0 Å². The molecule has 2 aromatic rings. The highest BCUT2D eigenvalue weighted by molar-refractivity contribution is 6.06. The van der Waals surface area contributed by atoms with Crippen molar-refractivity contribution in [1.82, 2.24) is 15.2 Å². The molecule has 0 radical (unpaired) electrons. The van der Waals surface area contributed by atoms with E-state index in [0.29, 0.717) is 24.1 Å². The molecule has 1 aromatic carbocycles. The number of aromatic nitrogens is 1. The summed E-state index contributed by atoms with van der Waals surface area (Å²) in [6.45, 7) is 12.4. The lowest BCUT2D eigenvalue weighted by Crippen LogP contribution is -2.51. The third-order valence-corrected chi connectivity index (χ3v) is 5.09. The summed E-state index contributed by atoms with van der Waals surface area (Å²) in [7, 11) is 0. The third-order valence-electron chi connectivity index (χ3n) is 5.09. The van der Waals surface area contributed by atoms with Gasteiger partial charge in [-0.15, -0.1) is 0 Å². The fourth-order valence-corrected chi connectivity index (χ4v) is 3.65. The fourth-order valence-electron chi connectivity index (χ4n) is 3.65. The van der Waals surface area contributed by atoms with Gasteiger partial charge in [0.05, 0.1) is 24.3 Å². The Morgan fingerprint density at radius 3 is 2.65 bits per heavy atom. The molecule has 1 aliphatic heterocycles. The highest BCUT2D eigenvalue weighted by Crippen LogP contribution is 2.20. The van der Waals surface area contributed by atoms with Crippen LogP contribution in [0.4, 0.5) is 0 Å². The number of pyridine rings is 1. The van der Waals surface area contributed by atoms with E-state index in [-0.39, 0.29) is 5.91 Å². The molecular weight excluding hydrogens is 326 g/mol. The van der Waals surface area contributed by atoms with Gasteiger partial charge < -0.3 is 10.1 Å². The Kier molecular flexibility index (Phi) is 5.89. The van der Waals surface area contributed by atoms with Crippen LogP contribution in [-0.4, -0.2) is 54.7 Å². The summed E-state index contributed by atoms with van der Waals surface area (Å²) >= 11 is 0. The van der Waals surface area contributed by atoms with Crippen molar-refractivity contribution in [3.05, 3.63) is 41.1 Å². The number of aryl methyl sites for hydroxylation is 2. The SMILES string of the molecule is Cc1ccc2nc(C)cc(C(=O)NCC(C(C)C)N3CCOCC3)c2c1. The van der Waals surface area contributed by atoms with Gasteiger partial charge in [0, 0.05) is 36.8 Å². The summed E-state index contributed by atoms with van der Waals surface area (Å²) in [5.41, 5.74) is 3.57. The van der Waals surface area contributed by atoms with Crippen molar-refractivity contribution < 1.29 is 9.53 Å². The molecule has 3 rings (SSSR count). The van der Waals surface area contributed by atoms with Gasteiger partial charge in [0.2, 0.25) is 0 Å². The maximum absolute atomic E-state index is 12.9. The van der Waals surface area contributed by atoms with Crippen molar-refractivity contribution in [3.8, 4) is 0 Å². The van der Waals surface area contributed by atoms with Crippen molar-refractivity contribution in [1.29, 1.82) is 0 Å². The molecular formula is C21H29N3O2. The molecule has 1 unspecified atom stereocenters. The molecule has 1 fully saturated rings. The van der Waals surface area contributed by atoms with Gasteiger partial charge in [-0.2, -0.15) is 0 Å². The largest absolute Gasteiger partial charge is 0.379 e. The Balaban J connectivity index is 1.78. The van der Waals surface area contributed by atoms with Crippen molar-refractivity contribution >= 4 is 16.8 Å². The lowest BCUT2D eigenvalue weighted by Gasteiger charge is -2.37. The van der Waals surface area contributed by atoms with Gasteiger partial charge in [-0.05, 0) is 38.0 Å². The van der Waals surface area contributed by atoms with Crippen LogP contribution >= 0.6 is 0 Å². The van der Waals surface area contributed by atoms with Crippen molar-refractivity contribution in [2.45, 2.75) is 33.7 Å². The Bertz CT molecular complexity index is 782. The summed E-state index contributed by atoms with van der Waals surface area (Å²) in [4.78, 5) is 19.9. The van der Waals surface area contributed by atoms with Gasteiger partial charge in [-0.1, -0.05) is 25.5 Å². The van der Waals surface area contributed by atoms with Crippen LogP contribution in [0.15, 0.2) is 24.3 Å². The molecule has 1 N–H and O–H groups in total. The smallest absolute Gasteiger partial charge is 0.252 e. The number of carbonyl (C=O) groups is 1. The predicted molar refractivity (Wildman–Crippen MR) is 105 cm³/mol. The van der Waals surface area contributed by atoms with Gasteiger partial charge in [-0.25, -0.2) is 0 Å². The first-order valence-corrected chi connectivity index (χ1v) is 9.43. The number of ether oxygens (including phenoxy) is 1. The Hall–Kier alpha value is -1.98. The number of nitrogens with one attached hydrogen (secondary N) is 1. The van der Waals surface area contributed by atoms with E-state index in [9.17, 15) is 4.79 Å². The zero-order valence-corrected chi connectivity index (χ0v) is 16.2. The number of carbonyl (C=O) groups excluding carboxylic acids is 1. The monoisotopic (exact) mass is 355 g/mol. The first-order valence-electron chi connectivity index (χ1n) is 9.43. The van der Waals surface area contributed by atoms with Crippen LogP contribution in [0.2, 0.25) is 0 Å². The maximum Gasteiger partial charge on any atom is 0.252 e. The highest BCUT2D eigenvalue weighted by Gasteiger charge is 2.24. The first-order chi connectivity index (χ1) is 12.5. The van der Waals surface area contributed by atoms with Crippen LogP contribution < -0.4 is 5.32 Å². The number of benzene rings is 1. The summed E-state index contributed by atoms with van der Waals surface area (Å²) in [6.07, 6.45) is 0. The minimum Gasteiger partial charge on any atom is -0.379 e. The van der Waals surface area contributed by atoms with Crippen LogP contribution in [-0.2, 0) is 4.74 Å². The molecule has 5 nitrogen and oxygen atoms in total. The van der Waals surface area contributed by atoms with E-state index < -0.39 is 0 Å². The first kappa shape index (κ1) is 18.8. The van der Waals surface area contributed by atoms with Gasteiger partial charge in [-0.3, -0.25) is 14.7 Å². The van der Waals surface area contributed by atoms with Crippen LogP contribution in [0.3, 0.4) is 0 Å². The maximum atomic E-state index is 12.9.